The Morgan fingerprint density at radius 2 is 2.05 bits per heavy atom. The summed E-state index contributed by atoms with van der Waals surface area (Å²) in [5, 5.41) is 4.79. The molecule has 0 aromatic carbocycles. The summed E-state index contributed by atoms with van der Waals surface area (Å²) >= 11 is 6.24. The molecule has 108 valence electrons. The van der Waals surface area contributed by atoms with Gasteiger partial charge in [-0.2, -0.15) is 19.6 Å². The number of hydrogen-bond donors (Lipinski definition) is 0. The summed E-state index contributed by atoms with van der Waals surface area (Å²) in [5.41, 5.74) is 1.05. The predicted molar refractivity (Wildman–Crippen MR) is 79.5 cm³/mol. The number of halogens is 1. The van der Waals surface area contributed by atoms with Gasteiger partial charge < -0.3 is 4.90 Å². The zero-order valence-electron chi connectivity index (χ0n) is 12.3. The fourth-order valence-corrected chi connectivity index (χ4v) is 2.84. The molecule has 2 aromatic rings. The minimum atomic E-state index is 0.105. The van der Waals surface area contributed by atoms with E-state index in [1.54, 1.807) is 4.52 Å². The average Bonchev–Trinajstić information content (AvgIpc) is 2.82. The number of nitrogens with zero attached hydrogens (tertiary/aromatic N) is 6. The number of anilines is 1. The van der Waals surface area contributed by atoms with Crippen LogP contribution in [0, 0.1) is 6.92 Å². The Balaban J connectivity index is 2.10. The van der Waals surface area contributed by atoms with Crippen molar-refractivity contribution in [2.75, 3.05) is 31.6 Å². The summed E-state index contributed by atoms with van der Waals surface area (Å²) in [6.45, 7) is 9.33. The van der Waals surface area contributed by atoms with Gasteiger partial charge in [-0.05, 0) is 27.8 Å². The first-order valence-corrected chi connectivity index (χ1v) is 7.10. The van der Waals surface area contributed by atoms with Crippen molar-refractivity contribution < 1.29 is 0 Å². The number of hydrogen-bond acceptors (Lipinski definition) is 5. The van der Waals surface area contributed by atoms with Crippen LogP contribution in [0.2, 0.25) is 5.15 Å². The maximum absolute atomic E-state index is 6.24. The van der Waals surface area contributed by atoms with Crippen LogP contribution < -0.4 is 4.90 Å². The predicted octanol–water partition coefficient (Wildman–Crippen LogP) is 1.62. The molecule has 20 heavy (non-hydrogen) atoms. The van der Waals surface area contributed by atoms with Crippen LogP contribution in [0.4, 0.5) is 5.82 Å². The van der Waals surface area contributed by atoms with Gasteiger partial charge >= 0.3 is 0 Å². The second-order valence-electron chi connectivity index (χ2n) is 5.98. The van der Waals surface area contributed by atoms with Gasteiger partial charge in [-0.3, -0.25) is 4.90 Å². The summed E-state index contributed by atoms with van der Waals surface area (Å²) < 4.78 is 1.78. The first-order chi connectivity index (χ1) is 9.40. The van der Waals surface area contributed by atoms with E-state index in [2.05, 4.69) is 45.8 Å². The lowest BCUT2D eigenvalue weighted by Crippen LogP contribution is -2.58. The second-order valence-corrected chi connectivity index (χ2v) is 6.34. The molecule has 0 spiro atoms. The van der Waals surface area contributed by atoms with Gasteiger partial charge in [-0.25, -0.2) is 0 Å². The summed E-state index contributed by atoms with van der Waals surface area (Å²) in [4.78, 5) is 13.1. The zero-order chi connectivity index (χ0) is 14.5. The lowest BCUT2D eigenvalue weighted by atomic mass is 9.99. The number of piperazine rings is 1. The molecule has 2 aromatic heterocycles. The van der Waals surface area contributed by atoms with E-state index in [0.717, 1.165) is 31.0 Å². The molecule has 0 unspecified atom stereocenters. The number of fused-ring (bicyclic) bond motifs is 1. The molecule has 1 aliphatic heterocycles. The summed E-state index contributed by atoms with van der Waals surface area (Å²) in [6.07, 6.45) is 1.52. The van der Waals surface area contributed by atoms with Crippen LogP contribution in [0.1, 0.15) is 19.4 Å². The standard InChI is InChI=1S/C13H19ClN6/c1-9-10(14)17-12-15-8-16-20(12)11(9)19-6-5-18(4)13(2,3)7-19/h8H,5-7H2,1-4H3. The Labute approximate surface area is 123 Å². The monoisotopic (exact) mass is 294 g/mol. The highest BCUT2D eigenvalue weighted by Crippen LogP contribution is 2.29. The van der Waals surface area contributed by atoms with Gasteiger partial charge in [0.2, 0.25) is 0 Å². The first-order valence-electron chi connectivity index (χ1n) is 6.72. The molecule has 6 nitrogen and oxygen atoms in total. The molecule has 0 atom stereocenters. The molecule has 0 amide bonds. The third kappa shape index (κ3) is 2.03. The van der Waals surface area contributed by atoms with Crippen molar-refractivity contribution in [3.63, 3.8) is 0 Å². The van der Waals surface area contributed by atoms with Gasteiger partial charge in [0.1, 0.15) is 17.3 Å². The first kappa shape index (κ1) is 13.6. The smallest absolute Gasteiger partial charge is 0.255 e. The second kappa shape index (κ2) is 4.56. The third-order valence-corrected chi connectivity index (χ3v) is 4.56. The quantitative estimate of drug-likeness (QED) is 0.748. The van der Waals surface area contributed by atoms with Crippen molar-refractivity contribution in [1.29, 1.82) is 0 Å². The maximum Gasteiger partial charge on any atom is 0.255 e. The van der Waals surface area contributed by atoms with Crippen molar-refractivity contribution in [3.05, 3.63) is 17.0 Å². The van der Waals surface area contributed by atoms with E-state index in [1.165, 1.54) is 6.33 Å². The van der Waals surface area contributed by atoms with Crippen LogP contribution in [0.5, 0.6) is 0 Å². The molecule has 0 N–H and O–H groups in total. The molecule has 0 bridgehead atoms. The highest BCUT2D eigenvalue weighted by Gasteiger charge is 2.33. The molecule has 0 radical (unpaired) electrons. The Hall–Kier alpha value is -1.40. The van der Waals surface area contributed by atoms with Crippen LogP contribution >= 0.6 is 11.6 Å². The highest BCUT2D eigenvalue weighted by molar-refractivity contribution is 6.30. The Bertz CT molecular complexity index is 650. The zero-order valence-corrected chi connectivity index (χ0v) is 13.0. The van der Waals surface area contributed by atoms with E-state index >= 15 is 0 Å². The summed E-state index contributed by atoms with van der Waals surface area (Å²) in [6, 6.07) is 0. The minimum absolute atomic E-state index is 0.105. The van der Waals surface area contributed by atoms with Gasteiger partial charge in [0, 0.05) is 30.7 Å². The van der Waals surface area contributed by atoms with Crippen LogP contribution in [0.3, 0.4) is 0 Å². The fraction of sp³-hybridized carbons (Fsp3) is 0.615. The topological polar surface area (TPSA) is 49.6 Å². The van der Waals surface area contributed by atoms with Crippen molar-refractivity contribution >= 4 is 23.2 Å². The molecule has 0 aliphatic carbocycles. The van der Waals surface area contributed by atoms with E-state index in [4.69, 9.17) is 11.6 Å². The van der Waals surface area contributed by atoms with Crippen molar-refractivity contribution in [1.82, 2.24) is 24.5 Å². The number of likely N-dealkylation sites (N-methyl/N-ethyl adjacent to an activating group) is 1. The van der Waals surface area contributed by atoms with Gasteiger partial charge in [0.15, 0.2) is 0 Å². The molecule has 0 saturated carbocycles. The van der Waals surface area contributed by atoms with Crippen LogP contribution in [-0.4, -0.2) is 56.7 Å². The highest BCUT2D eigenvalue weighted by atomic mass is 35.5. The molecule has 3 heterocycles. The van der Waals surface area contributed by atoms with Gasteiger partial charge in [0.05, 0.1) is 0 Å². The minimum Gasteiger partial charge on any atom is -0.353 e. The Kier molecular flexibility index (Phi) is 3.10. The molecule has 1 fully saturated rings. The lowest BCUT2D eigenvalue weighted by Gasteiger charge is -2.46. The Morgan fingerprint density at radius 1 is 1.30 bits per heavy atom. The summed E-state index contributed by atoms with van der Waals surface area (Å²) in [7, 11) is 2.16. The maximum atomic E-state index is 6.24. The molecular weight excluding hydrogens is 276 g/mol. The van der Waals surface area contributed by atoms with Crippen LogP contribution in [0.15, 0.2) is 6.33 Å². The number of aromatic nitrogens is 4. The SMILES string of the molecule is Cc1c(Cl)nc2ncnn2c1N1CCN(C)C(C)(C)C1. The van der Waals surface area contributed by atoms with Gasteiger partial charge in [-0.15, -0.1) is 0 Å². The number of rotatable bonds is 1. The van der Waals surface area contributed by atoms with E-state index in [0.29, 0.717) is 10.9 Å². The molecule has 1 saturated heterocycles. The molecule has 3 rings (SSSR count). The lowest BCUT2D eigenvalue weighted by molar-refractivity contribution is 0.138. The third-order valence-electron chi connectivity index (χ3n) is 4.19. The van der Waals surface area contributed by atoms with E-state index in [-0.39, 0.29) is 5.54 Å². The van der Waals surface area contributed by atoms with Crippen LogP contribution in [-0.2, 0) is 0 Å². The summed E-state index contributed by atoms with van der Waals surface area (Å²) in [5.74, 6) is 1.55. The van der Waals surface area contributed by atoms with E-state index in [1.807, 2.05) is 6.92 Å². The van der Waals surface area contributed by atoms with Crippen molar-refractivity contribution in [2.45, 2.75) is 26.3 Å². The largest absolute Gasteiger partial charge is 0.353 e. The Morgan fingerprint density at radius 3 is 2.75 bits per heavy atom. The molecular formula is C13H19ClN6. The van der Waals surface area contributed by atoms with Crippen LogP contribution in [0.25, 0.3) is 5.78 Å². The van der Waals surface area contributed by atoms with Crippen molar-refractivity contribution in [2.24, 2.45) is 0 Å². The molecule has 1 aliphatic rings. The van der Waals surface area contributed by atoms with Gasteiger partial charge in [0.25, 0.3) is 5.78 Å². The molecule has 7 heteroatoms. The fourth-order valence-electron chi connectivity index (χ4n) is 2.68. The average molecular weight is 295 g/mol. The van der Waals surface area contributed by atoms with E-state index < -0.39 is 0 Å². The van der Waals surface area contributed by atoms with Gasteiger partial charge in [-0.1, -0.05) is 11.6 Å². The normalized spacial score (nSPS) is 19.8. The van der Waals surface area contributed by atoms with Crippen molar-refractivity contribution in [3.8, 4) is 0 Å². The van der Waals surface area contributed by atoms with E-state index in [9.17, 15) is 0 Å².